The molecule has 0 bridgehead atoms. The third-order valence-corrected chi connectivity index (χ3v) is 6.61. The Kier molecular flexibility index (Phi) is 6.26. The quantitative estimate of drug-likeness (QED) is 0.684. The minimum absolute atomic E-state index is 0.219. The highest BCUT2D eigenvalue weighted by molar-refractivity contribution is 6.09. The fourth-order valence-corrected chi connectivity index (χ4v) is 4.49. The number of anilines is 1. The SMILES string of the molecule is CCC1(c2ccc(C)cc2)NC(=O)N(CC(=O)N2CCN(c3ccc(OC)cc3)CC2)C1=O. The number of hydrogen-bond donors (Lipinski definition) is 1. The van der Waals surface area contributed by atoms with Gasteiger partial charge in [-0.1, -0.05) is 36.8 Å². The average Bonchev–Trinajstić information content (AvgIpc) is 3.09. The topological polar surface area (TPSA) is 82.2 Å². The van der Waals surface area contributed by atoms with E-state index < -0.39 is 11.6 Å². The number of aryl methyl sites for hydroxylation is 1. The van der Waals surface area contributed by atoms with Crippen molar-refractivity contribution in [1.82, 2.24) is 15.1 Å². The van der Waals surface area contributed by atoms with Crippen molar-refractivity contribution >= 4 is 23.5 Å². The number of nitrogens with zero attached hydrogens (tertiary/aromatic N) is 3. The van der Waals surface area contributed by atoms with Crippen LogP contribution in [-0.4, -0.2) is 67.5 Å². The molecule has 2 heterocycles. The number of ether oxygens (including phenoxy) is 1. The van der Waals surface area contributed by atoms with Crippen LogP contribution in [0.4, 0.5) is 10.5 Å². The number of hydrogen-bond acceptors (Lipinski definition) is 5. The van der Waals surface area contributed by atoms with Crippen molar-refractivity contribution in [3.63, 3.8) is 0 Å². The van der Waals surface area contributed by atoms with E-state index in [1.807, 2.05) is 62.4 Å². The molecule has 2 aliphatic heterocycles. The molecule has 1 N–H and O–H groups in total. The number of piperazine rings is 1. The van der Waals surface area contributed by atoms with Gasteiger partial charge in [-0.25, -0.2) is 4.79 Å². The van der Waals surface area contributed by atoms with Gasteiger partial charge in [-0.15, -0.1) is 0 Å². The van der Waals surface area contributed by atoms with Crippen LogP contribution < -0.4 is 15.0 Å². The molecule has 174 valence electrons. The van der Waals surface area contributed by atoms with Crippen LogP contribution in [0, 0.1) is 6.92 Å². The number of carbonyl (C=O) groups excluding carboxylic acids is 3. The first-order chi connectivity index (χ1) is 15.9. The maximum absolute atomic E-state index is 13.3. The second-order valence-electron chi connectivity index (χ2n) is 8.51. The fraction of sp³-hybridized carbons (Fsp3) is 0.400. The van der Waals surface area contributed by atoms with Crippen molar-refractivity contribution in [2.45, 2.75) is 25.8 Å². The number of rotatable bonds is 6. The molecule has 1 atom stereocenters. The summed E-state index contributed by atoms with van der Waals surface area (Å²) >= 11 is 0. The molecule has 8 nitrogen and oxygen atoms in total. The van der Waals surface area contributed by atoms with Crippen molar-refractivity contribution < 1.29 is 19.1 Å². The largest absolute Gasteiger partial charge is 0.497 e. The Hall–Kier alpha value is -3.55. The first kappa shape index (κ1) is 22.6. The molecule has 2 aromatic rings. The molecular formula is C25H30N4O4. The van der Waals surface area contributed by atoms with Gasteiger partial charge < -0.3 is 19.9 Å². The van der Waals surface area contributed by atoms with E-state index in [1.165, 1.54) is 0 Å². The zero-order valence-electron chi connectivity index (χ0n) is 19.3. The standard InChI is InChI=1S/C25H30N4O4/c1-4-25(19-7-5-18(2)6-8-19)23(31)29(24(32)26-25)17-22(30)28-15-13-27(14-16-28)20-9-11-21(33-3)12-10-20/h5-12H,4,13-17H2,1-3H3,(H,26,32). The molecule has 1 unspecified atom stereocenters. The molecular weight excluding hydrogens is 420 g/mol. The summed E-state index contributed by atoms with van der Waals surface area (Å²) in [6.45, 7) is 6.01. The van der Waals surface area contributed by atoms with Crippen LogP contribution in [0.5, 0.6) is 5.75 Å². The van der Waals surface area contributed by atoms with E-state index in [1.54, 1.807) is 12.0 Å². The minimum Gasteiger partial charge on any atom is -0.497 e. The highest BCUT2D eigenvalue weighted by Crippen LogP contribution is 2.32. The maximum atomic E-state index is 13.3. The van der Waals surface area contributed by atoms with Crippen LogP contribution in [0.3, 0.4) is 0 Å². The molecule has 0 aliphatic carbocycles. The summed E-state index contributed by atoms with van der Waals surface area (Å²) in [5.74, 6) is 0.211. The van der Waals surface area contributed by atoms with Crippen LogP contribution in [-0.2, 0) is 15.1 Å². The minimum atomic E-state index is -1.13. The van der Waals surface area contributed by atoms with Crippen molar-refractivity contribution in [1.29, 1.82) is 0 Å². The van der Waals surface area contributed by atoms with Gasteiger partial charge in [0.05, 0.1) is 7.11 Å². The monoisotopic (exact) mass is 450 g/mol. The summed E-state index contributed by atoms with van der Waals surface area (Å²) in [7, 11) is 1.64. The number of urea groups is 1. The van der Waals surface area contributed by atoms with Gasteiger partial charge in [-0.2, -0.15) is 0 Å². The number of imide groups is 1. The molecule has 2 aromatic carbocycles. The lowest BCUT2D eigenvalue weighted by molar-refractivity contribution is -0.139. The summed E-state index contributed by atoms with van der Waals surface area (Å²) in [5, 5.41) is 2.85. The third kappa shape index (κ3) is 4.25. The van der Waals surface area contributed by atoms with Gasteiger partial charge >= 0.3 is 6.03 Å². The van der Waals surface area contributed by atoms with Gasteiger partial charge in [0.1, 0.15) is 17.8 Å². The lowest BCUT2D eigenvalue weighted by atomic mass is 9.87. The van der Waals surface area contributed by atoms with Crippen LogP contribution in [0.25, 0.3) is 0 Å². The molecule has 0 aromatic heterocycles. The molecule has 4 rings (SSSR count). The van der Waals surface area contributed by atoms with Crippen LogP contribution in [0.2, 0.25) is 0 Å². The zero-order valence-corrected chi connectivity index (χ0v) is 19.3. The molecule has 0 radical (unpaired) electrons. The van der Waals surface area contributed by atoms with Gasteiger partial charge in [-0.05, 0) is 43.2 Å². The van der Waals surface area contributed by atoms with Crippen molar-refractivity contribution in [3.8, 4) is 5.75 Å². The molecule has 33 heavy (non-hydrogen) atoms. The number of benzene rings is 2. The molecule has 2 saturated heterocycles. The van der Waals surface area contributed by atoms with Gasteiger partial charge in [0.15, 0.2) is 0 Å². The second-order valence-corrected chi connectivity index (χ2v) is 8.51. The Morgan fingerprint density at radius 3 is 2.21 bits per heavy atom. The third-order valence-electron chi connectivity index (χ3n) is 6.61. The molecule has 0 spiro atoms. The van der Waals surface area contributed by atoms with Gasteiger partial charge in [-0.3, -0.25) is 14.5 Å². The van der Waals surface area contributed by atoms with Gasteiger partial charge in [0.2, 0.25) is 5.91 Å². The van der Waals surface area contributed by atoms with E-state index in [4.69, 9.17) is 4.74 Å². The Morgan fingerprint density at radius 2 is 1.64 bits per heavy atom. The maximum Gasteiger partial charge on any atom is 0.325 e. The molecule has 8 heteroatoms. The van der Waals surface area contributed by atoms with Crippen LogP contribution >= 0.6 is 0 Å². The molecule has 0 saturated carbocycles. The van der Waals surface area contributed by atoms with Crippen LogP contribution in [0.15, 0.2) is 48.5 Å². The van der Waals surface area contributed by atoms with Crippen molar-refractivity contribution in [2.24, 2.45) is 0 Å². The molecule has 2 fully saturated rings. The lowest BCUT2D eigenvalue weighted by Crippen LogP contribution is -2.52. The first-order valence-electron chi connectivity index (χ1n) is 11.3. The Balaban J connectivity index is 1.39. The Bertz CT molecular complexity index is 1030. The average molecular weight is 451 g/mol. The molecule has 2 aliphatic rings. The Morgan fingerprint density at radius 1 is 1.00 bits per heavy atom. The fourth-order valence-electron chi connectivity index (χ4n) is 4.49. The van der Waals surface area contributed by atoms with Crippen LogP contribution in [0.1, 0.15) is 24.5 Å². The predicted octanol–water partition coefficient (Wildman–Crippen LogP) is 2.51. The first-order valence-corrected chi connectivity index (χ1v) is 11.3. The highest BCUT2D eigenvalue weighted by Gasteiger charge is 2.51. The van der Waals surface area contributed by atoms with E-state index in [0.29, 0.717) is 32.6 Å². The van der Waals surface area contributed by atoms with Gasteiger partial charge in [0, 0.05) is 31.9 Å². The van der Waals surface area contributed by atoms with Crippen molar-refractivity contribution in [3.05, 3.63) is 59.7 Å². The normalized spacial score (nSPS) is 20.8. The highest BCUT2D eigenvalue weighted by atomic mass is 16.5. The smallest absolute Gasteiger partial charge is 0.325 e. The predicted molar refractivity (Wildman–Crippen MR) is 125 cm³/mol. The van der Waals surface area contributed by atoms with Crippen molar-refractivity contribution in [2.75, 3.05) is 44.7 Å². The van der Waals surface area contributed by atoms with E-state index in [0.717, 1.165) is 27.5 Å². The van der Waals surface area contributed by atoms with E-state index in [9.17, 15) is 14.4 Å². The number of methoxy groups -OCH3 is 1. The summed E-state index contributed by atoms with van der Waals surface area (Å²) in [6, 6.07) is 14.9. The van der Waals surface area contributed by atoms with Gasteiger partial charge in [0.25, 0.3) is 5.91 Å². The van der Waals surface area contributed by atoms with E-state index in [2.05, 4.69) is 10.2 Å². The Labute approximate surface area is 194 Å². The number of amides is 4. The van der Waals surface area contributed by atoms with E-state index >= 15 is 0 Å². The summed E-state index contributed by atoms with van der Waals surface area (Å²) in [6.07, 6.45) is 0.409. The summed E-state index contributed by atoms with van der Waals surface area (Å²) in [4.78, 5) is 44.0. The second kappa shape index (κ2) is 9.13. The zero-order chi connectivity index (χ0) is 23.6. The summed E-state index contributed by atoms with van der Waals surface area (Å²) in [5.41, 5.74) is 1.75. The summed E-state index contributed by atoms with van der Waals surface area (Å²) < 4.78 is 5.21. The number of nitrogens with one attached hydrogen (secondary N) is 1. The van der Waals surface area contributed by atoms with E-state index in [-0.39, 0.29) is 18.4 Å². The number of carbonyl (C=O) groups is 3. The lowest BCUT2D eigenvalue weighted by Gasteiger charge is -2.36. The molecule has 4 amide bonds.